The molecule has 0 saturated heterocycles. The third-order valence-electron chi connectivity index (χ3n) is 0.898. The van der Waals surface area contributed by atoms with E-state index in [1.807, 2.05) is 0 Å². The Bertz CT molecular complexity index is 277. The minimum absolute atomic E-state index is 0.399. The fourth-order valence-electron chi connectivity index (χ4n) is 0.458. The second-order valence-corrected chi connectivity index (χ2v) is 1.86. The highest BCUT2D eigenvalue weighted by Gasteiger charge is 2.04. The molecule has 0 spiro atoms. The summed E-state index contributed by atoms with van der Waals surface area (Å²) >= 11 is 0. The van der Waals surface area contributed by atoms with Crippen LogP contribution in [0.15, 0.2) is 11.6 Å². The molecule has 0 aromatic carbocycles. The molecule has 0 atom stereocenters. The molecule has 0 unspecified atom stereocenters. The van der Waals surface area contributed by atoms with E-state index >= 15 is 0 Å². The molecule has 12 heavy (non-hydrogen) atoms. The lowest BCUT2D eigenvalue weighted by atomic mass is 10.2. The first kappa shape index (κ1) is 10.2. The minimum atomic E-state index is -1.32. The number of hydrogen-bond acceptors (Lipinski definition) is 2. The summed E-state index contributed by atoms with van der Waals surface area (Å²) in [5.74, 6) is 2.07. The maximum absolute atomic E-state index is 10.3. The Morgan fingerprint density at radius 3 is 2.33 bits per heavy atom. The van der Waals surface area contributed by atoms with Crippen LogP contribution in [0.25, 0.3) is 0 Å². The van der Waals surface area contributed by atoms with Crippen LogP contribution >= 0.6 is 0 Å². The third kappa shape index (κ3) is 4.12. The number of rotatable bonds is 2. The zero-order valence-electron chi connectivity index (χ0n) is 6.50. The molecular formula is C8H8O4. The van der Waals surface area contributed by atoms with Gasteiger partial charge in [0, 0.05) is 12.5 Å². The van der Waals surface area contributed by atoms with Crippen molar-refractivity contribution < 1.29 is 19.8 Å². The Kier molecular flexibility index (Phi) is 4.24. The summed E-state index contributed by atoms with van der Waals surface area (Å²) in [4.78, 5) is 20.4. The molecule has 0 rings (SSSR count). The van der Waals surface area contributed by atoms with E-state index < -0.39 is 17.5 Å². The highest BCUT2D eigenvalue weighted by atomic mass is 16.4. The molecule has 2 N–H and O–H groups in total. The fraction of sp³-hybridized carbons (Fsp3) is 0.250. The number of hydrogen-bond donors (Lipinski definition) is 2. The van der Waals surface area contributed by atoms with Crippen molar-refractivity contribution in [1.82, 2.24) is 0 Å². The smallest absolute Gasteiger partial charge is 0.344 e. The molecule has 4 heteroatoms. The molecule has 0 aliphatic carbocycles. The lowest BCUT2D eigenvalue weighted by Gasteiger charge is -1.87. The van der Waals surface area contributed by atoms with Gasteiger partial charge in [0.2, 0.25) is 0 Å². The Morgan fingerprint density at radius 1 is 1.42 bits per heavy atom. The molecule has 0 aromatic heterocycles. The molecule has 0 aliphatic heterocycles. The van der Waals surface area contributed by atoms with Gasteiger partial charge in [0.25, 0.3) is 0 Å². The maximum atomic E-state index is 10.3. The van der Waals surface area contributed by atoms with Gasteiger partial charge in [-0.3, -0.25) is 0 Å². The van der Waals surface area contributed by atoms with Crippen LogP contribution < -0.4 is 0 Å². The fourth-order valence-corrected chi connectivity index (χ4v) is 0.458. The van der Waals surface area contributed by atoms with Crippen molar-refractivity contribution in [3.8, 4) is 11.8 Å². The molecule has 0 fully saturated rings. The van der Waals surface area contributed by atoms with Gasteiger partial charge in [-0.25, -0.2) is 9.59 Å². The second kappa shape index (κ2) is 4.97. The Morgan fingerprint density at radius 2 is 2.00 bits per heavy atom. The zero-order valence-corrected chi connectivity index (χ0v) is 6.50. The van der Waals surface area contributed by atoms with Crippen LogP contribution in [-0.4, -0.2) is 22.2 Å². The van der Waals surface area contributed by atoms with E-state index in [0.29, 0.717) is 12.5 Å². The number of carbonyl (C=O) groups is 2. The van der Waals surface area contributed by atoms with Crippen molar-refractivity contribution in [3.63, 3.8) is 0 Å². The molecule has 0 saturated carbocycles. The summed E-state index contributed by atoms with van der Waals surface area (Å²) < 4.78 is 0. The van der Waals surface area contributed by atoms with Crippen molar-refractivity contribution >= 4 is 11.9 Å². The molecule has 0 bridgehead atoms. The van der Waals surface area contributed by atoms with Crippen molar-refractivity contribution in [2.24, 2.45) is 0 Å². The maximum Gasteiger partial charge on any atom is 0.344 e. The minimum Gasteiger partial charge on any atom is -0.478 e. The van der Waals surface area contributed by atoms with E-state index in [9.17, 15) is 9.59 Å². The van der Waals surface area contributed by atoms with Gasteiger partial charge in [-0.15, -0.1) is 0 Å². The van der Waals surface area contributed by atoms with Crippen LogP contribution in [0.4, 0.5) is 0 Å². The molecule has 0 aliphatic rings. The van der Waals surface area contributed by atoms with Gasteiger partial charge in [-0.05, 0) is 0 Å². The highest BCUT2D eigenvalue weighted by molar-refractivity contribution is 5.98. The van der Waals surface area contributed by atoms with Gasteiger partial charge in [0.15, 0.2) is 0 Å². The van der Waals surface area contributed by atoms with Crippen LogP contribution in [0.2, 0.25) is 0 Å². The van der Waals surface area contributed by atoms with Crippen molar-refractivity contribution in [2.75, 3.05) is 0 Å². The van der Waals surface area contributed by atoms with Crippen LogP contribution in [0, 0.1) is 11.8 Å². The van der Waals surface area contributed by atoms with Gasteiger partial charge < -0.3 is 10.2 Å². The van der Waals surface area contributed by atoms with Crippen molar-refractivity contribution in [1.29, 1.82) is 0 Å². The molecule has 64 valence electrons. The van der Waals surface area contributed by atoms with E-state index in [0.717, 1.165) is 0 Å². The van der Waals surface area contributed by atoms with Gasteiger partial charge in [-0.2, -0.15) is 0 Å². The average Bonchev–Trinajstić information content (AvgIpc) is 1.96. The average molecular weight is 168 g/mol. The largest absolute Gasteiger partial charge is 0.478 e. The van der Waals surface area contributed by atoms with Crippen molar-refractivity contribution in [3.05, 3.63) is 11.6 Å². The second-order valence-electron chi connectivity index (χ2n) is 1.86. The number of carboxylic acid groups (broad SMARTS) is 2. The lowest BCUT2D eigenvalue weighted by molar-refractivity contribution is -0.134. The lowest BCUT2D eigenvalue weighted by Crippen LogP contribution is -2.01. The van der Waals surface area contributed by atoms with E-state index in [-0.39, 0.29) is 0 Å². The van der Waals surface area contributed by atoms with Crippen LogP contribution in [0.1, 0.15) is 13.3 Å². The summed E-state index contributed by atoms with van der Waals surface area (Å²) in [7, 11) is 0. The standard InChI is InChI=1S/C8H8O4/c1-2-3-4-6(8(11)12)5-7(9)10/h5H,2H2,1H3,(H,9,10)(H,11,12)/b6-5-. The predicted molar refractivity (Wildman–Crippen MR) is 41.4 cm³/mol. The highest BCUT2D eigenvalue weighted by Crippen LogP contribution is 1.92. The monoisotopic (exact) mass is 168 g/mol. The summed E-state index contributed by atoms with van der Waals surface area (Å²) in [6, 6.07) is 0. The molecule has 0 aromatic rings. The number of carboxylic acids is 2. The first-order valence-electron chi connectivity index (χ1n) is 3.24. The quantitative estimate of drug-likeness (QED) is 0.465. The first-order valence-corrected chi connectivity index (χ1v) is 3.24. The topological polar surface area (TPSA) is 74.6 Å². The summed E-state index contributed by atoms with van der Waals surface area (Å²) in [6.07, 6.45) is 1.06. The predicted octanol–water partition coefficient (Wildman–Crippen LogP) is 0.495. The van der Waals surface area contributed by atoms with Crippen LogP contribution in [0.5, 0.6) is 0 Å². The zero-order chi connectivity index (χ0) is 9.56. The summed E-state index contributed by atoms with van der Waals surface area (Å²) in [5, 5.41) is 16.6. The van der Waals surface area contributed by atoms with E-state index in [1.54, 1.807) is 6.92 Å². The Hall–Kier alpha value is -1.76. The van der Waals surface area contributed by atoms with Gasteiger partial charge in [0.05, 0.1) is 0 Å². The van der Waals surface area contributed by atoms with Gasteiger partial charge >= 0.3 is 11.9 Å². The van der Waals surface area contributed by atoms with Crippen molar-refractivity contribution in [2.45, 2.75) is 13.3 Å². The molecule has 0 radical (unpaired) electrons. The SMILES string of the molecule is CCC#C/C(=C/C(=O)O)C(=O)O. The normalized spacial score (nSPS) is 9.92. The molecule has 0 heterocycles. The van der Waals surface area contributed by atoms with Crippen LogP contribution in [0.3, 0.4) is 0 Å². The third-order valence-corrected chi connectivity index (χ3v) is 0.898. The Labute approximate surface area is 69.5 Å². The summed E-state index contributed by atoms with van der Waals surface area (Å²) in [5.41, 5.74) is -0.399. The molecule has 0 amide bonds. The van der Waals surface area contributed by atoms with E-state index in [2.05, 4.69) is 11.8 Å². The summed E-state index contributed by atoms with van der Waals surface area (Å²) in [6.45, 7) is 1.74. The van der Waals surface area contributed by atoms with Gasteiger partial charge in [-0.1, -0.05) is 18.8 Å². The first-order chi connectivity index (χ1) is 5.57. The van der Waals surface area contributed by atoms with E-state index in [4.69, 9.17) is 10.2 Å². The number of aliphatic carboxylic acids is 2. The molecule has 4 nitrogen and oxygen atoms in total. The van der Waals surface area contributed by atoms with Crippen LogP contribution in [-0.2, 0) is 9.59 Å². The molecular weight excluding hydrogens is 160 g/mol. The van der Waals surface area contributed by atoms with E-state index in [1.165, 1.54) is 0 Å². The Balaban J connectivity index is 4.67. The van der Waals surface area contributed by atoms with Gasteiger partial charge in [0.1, 0.15) is 5.57 Å².